The van der Waals surface area contributed by atoms with Crippen LogP contribution >= 0.6 is 0 Å². The first-order valence-electron chi connectivity index (χ1n) is 10.5. The van der Waals surface area contributed by atoms with Gasteiger partial charge in [0.25, 0.3) is 5.91 Å². The number of anilines is 1. The number of phenolic OH excluding ortho intramolecular Hbond substituents is 1. The Kier molecular flexibility index (Phi) is 5.78. The van der Waals surface area contributed by atoms with Crippen LogP contribution in [0.1, 0.15) is 62.5 Å². The van der Waals surface area contributed by atoms with Crippen molar-refractivity contribution in [2.24, 2.45) is 5.92 Å². The molecule has 2 aromatic carbocycles. The van der Waals surface area contributed by atoms with Crippen molar-refractivity contribution in [3.8, 4) is 11.5 Å². The molecule has 1 aliphatic heterocycles. The molecule has 0 fully saturated rings. The van der Waals surface area contributed by atoms with Gasteiger partial charge in [-0.1, -0.05) is 46.8 Å². The number of carboxylic acids is 1. The van der Waals surface area contributed by atoms with Crippen LogP contribution in [-0.2, 0) is 16.6 Å². The monoisotopic (exact) mass is 425 g/mol. The quantitative estimate of drug-likeness (QED) is 0.720. The van der Waals surface area contributed by atoms with E-state index in [4.69, 9.17) is 4.74 Å². The maximum absolute atomic E-state index is 13.8. The number of benzene rings is 2. The average molecular weight is 426 g/mol. The molecule has 0 unspecified atom stereocenters. The molecule has 1 atom stereocenters. The van der Waals surface area contributed by atoms with E-state index < -0.39 is 17.4 Å². The number of hydrogen-bond acceptors (Lipinski definition) is 4. The molecule has 31 heavy (non-hydrogen) atoms. The summed E-state index contributed by atoms with van der Waals surface area (Å²) in [6.45, 7) is 10.0. The summed E-state index contributed by atoms with van der Waals surface area (Å²) in [4.78, 5) is 27.7. The van der Waals surface area contributed by atoms with E-state index >= 15 is 0 Å². The van der Waals surface area contributed by atoms with Crippen molar-refractivity contribution in [3.63, 3.8) is 0 Å². The van der Waals surface area contributed by atoms with Crippen LogP contribution in [0.3, 0.4) is 0 Å². The number of methoxy groups -OCH3 is 1. The predicted molar refractivity (Wildman–Crippen MR) is 120 cm³/mol. The highest BCUT2D eigenvalue weighted by molar-refractivity contribution is 6.13. The van der Waals surface area contributed by atoms with Gasteiger partial charge in [-0.15, -0.1) is 0 Å². The average Bonchev–Trinajstić information content (AvgIpc) is 3.02. The molecule has 3 rings (SSSR count). The number of nitrogens with zero attached hydrogens (tertiary/aromatic N) is 1. The summed E-state index contributed by atoms with van der Waals surface area (Å²) in [6, 6.07) is 10.1. The lowest BCUT2D eigenvalue weighted by Crippen LogP contribution is -2.56. The number of rotatable bonds is 5. The van der Waals surface area contributed by atoms with Crippen LogP contribution < -0.4 is 9.64 Å². The van der Waals surface area contributed by atoms with Crippen molar-refractivity contribution >= 4 is 17.6 Å². The Balaban J connectivity index is 2.19. The lowest BCUT2D eigenvalue weighted by atomic mass is 9.84. The highest BCUT2D eigenvalue weighted by Gasteiger charge is 2.54. The molecule has 0 aromatic heterocycles. The van der Waals surface area contributed by atoms with Gasteiger partial charge >= 0.3 is 5.97 Å². The zero-order valence-corrected chi connectivity index (χ0v) is 19.0. The molecule has 0 radical (unpaired) electrons. The Bertz CT molecular complexity index is 1020. The van der Waals surface area contributed by atoms with Crippen LogP contribution in [0.2, 0.25) is 0 Å². The second-order valence-electron chi connectivity index (χ2n) is 9.69. The zero-order valence-electron chi connectivity index (χ0n) is 19.0. The SMILES string of the molecule is COc1cc(C(=O)N2c3cccc(O)c3C[C@@]2(CC(C)C)C(=O)O)ccc1C(C)(C)C. The molecule has 1 aliphatic rings. The van der Waals surface area contributed by atoms with Crippen LogP contribution in [0, 0.1) is 5.92 Å². The standard InChI is InChI=1S/C25H31NO5/c1-15(2)13-25(23(29)30)14-17-19(8-7-9-20(17)27)26(25)22(28)16-10-11-18(24(3,4)5)21(12-16)31-6/h7-12,15,27H,13-14H2,1-6H3,(H,29,30)/t25-/m0/s1. The van der Waals surface area contributed by atoms with Crippen LogP contribution in [0.25, 0.3) is 0 Å². The molecule has 2 N–H and O–H groups in total. The van der Waals surface area contributed by atoms with E-state index in [2.05, 4.69) is 20.8 Å². The minimum Gasteiger partial charge on any atom is -0.508 e. The largest absolute Gasteiger partial charge is 0.508 e. The van der Waals surface area contributed by atoms with Crippen molar-refractivity contribution < 1.29 is 24.5 Å². The van der Waals surface area contributed by atoms with Gasteiger partial charge in [0.15, 0.2) is 0 Å². The van der Waals surface area contributed by atoms with E-state index in [0.29, 0.717) is 22.6 Å². The summed E-state index contributed by atoms with van der Waals surface area (Å²) in [5.41, 5.74) is 0.571. The summed E-state index contributed by atoms with van der Waals surface area (Å²) in [5, 5.41) is 20.7. The van der Waals surface area contributed by atoms with Gasteiger partial charge in [0.05, 0.1) is 12.8 Å². The predicted octanol–water partition coefficient (Wildman–Crippen LogP) is 4.77. The van der Waals surface area contributed by atoms with E-state index in [1.165, 1.54) is 11.0 Å². The topological polar surface area (TPSA) is 87.1 Å². The lowest BCUT2D eigenvalue weighted by molar-refractivity contribution is -0.143. The molecule has 0 spiro atoms. The molecular formula is C25H31NO5. The summed E-state index contributed by atoms with van der Waals surface area (Å²) >= 11 is 0. The van der Waals surface area contributed by atoms with E-state index in [0.717, 1.165) is 5.56 Å². The summed E-state index contributed by atoms with van der Waals surface area (Å²) in [5.74, 6) is -0.892. The number of fused-ring (bicyclic) bond motifs is 1. The first-order chi connectivity index (χ1) is 14.4. The third-order valence-electron chi connectivity index (χ3n) is 5.87. The number of amides is 1. The number of carbonyl (C=O) groups excluding carboxylic acids is 1. The third kappa shape index (κ3) is 3.87. The Morgan fingerprint density at radius 1 is 1.19 bits per heavy atom. The Labute approximate surface area is 183 Å². The van der Waals surface area contributed by atoms with Crippen LogP contribution in [0.4, 0.5) is 5.69 Å². The van der Waals surface area contributed by atoms with Crippen LogP contribution in [-0.4, -0.2) is 34.7 Å². The molecule has 166 valence electrons. The van der Waals surface area contributed by atoms with Crippen molar-refractivity contribution in [1.29, 1.82) is 0 Å². The molecule has 0 bridgehead atoms. The van der Waals surface area contributed by atoms with Gasteiger partial charge in [0, 0.05) is 17.5 Å². The number of aromatic hydroxyl groups is 1. The van der Waals surface area contributed by atoms with Crippen LogP contribution in [0.5, 0.6) is 11.5 Å². The first-order valence-corrected chi connectivity index (χ1v) is 10.5. The van der Waals surface area contributed by atoms with Gasteiger partial charge < -0.3 is 14.9 Å². The maximum atomic E-state index is 13.8. The fourth-order valence-electron chi connectivity index (χ4n) is 4.53. The molecule has 0 saturated carbocycles. The molecule has 6 heteroatoms. The summed E-state index contributed by atoms with van der Waals surface area (Å²) < 4.78 is 5.55. The lowest BCUT2D eigenvalue weighted by Gasteiger charge is -2.36. The smallest absolute Gasteiger partial charge is 0.330 e. The molecule has 1 amide bonds. The second-order valence-corrected chi connectivity index (χ2v) is 9.69. The maximum Gasteiger partial charge on any atom is 0.330 e. The van der Waals surface area contributed by atoms with Gasteiger partial charge in [-0.25, -0.2) is 4.79 Å². The number of aliphatic carboxylic acids is 1. The summed E-state index contributed by atoms with van der Waals surface area (Å²) in [6.07, 6.45) is 0.324. The number of phenols is 1. The highest BCUT2D eigenvalue weighted by Crippen LogP contribution is 2.47. The molecular weight excluding hydrogens is 394 g/mol. The van der Waals surface area contributed by atoms with Crippen molar-refractivity contribution in [1.82, 2.24) is 0 Å². The molecule has 6 nitrogen and oxygen atoms in total. The van der Waals surface area contributed by atoms with E-state index in [9.17, 15) is 19.8 Å². The Morgan fingerprint density at radius 3 is 2.42 bits per heavy atom. The van der Waals surface area contributed by atoms with Gasteiger partial charge in [-0.3, -0.25) is 9.69 Å². The van der Waals surface area contributed by atoms with Crippen molar-refractivity contribution in [2.45, 2.75) is 58.4 Å². The Hall–Kier alpha value is -3.02. The minimum absolute atomic E-state index is 0.00263. The van der Waals surface area contributed by atoms with Crippen molar-refractivity contribution in [3.05, 3.63) is 53.1 Å². The van der Waals surface area contributed by atoms with E-state index in [1.807, 2.05) is 19.9 Å². The van der Waals surface area contributed by atoms with Gasteiger partial charge in [-0.2, -0.15) is 0 Å². The molecule has 1 heterocycles. The molecule has 0 saturated heterocycles. The second kappa shape index (κ2) is 7.91. The third-order valence-corrected chi connectivity index (χ3v) is 5.87. The van der Waals surface area contributed by atoms with E-state index in [-0.39, 0.29) is 29.9 Å². The van der Waals surface area contributed by atoms with Gasteiger partial charge in [0.2, 0.25) is 0 Å². The number of hydrogen-bond donors (Lipinski definition) is 2. The summed E-state index contributed by atoms with van der Waals surface area (Å²) in [7, 11) is 1.56. The van der Waals surface area contributed by atoms with Gasteiger partial charge in [-0.05, 0) is 47.6 Å². The number of carbonyl (C=O) groups is 2. The van der Waals surface area contributed by atoms with Crippen molar-refractivity contribution in [2.75, 3.05) is 12.0 Å². The zero-order chi connectivity index (χ0) is 23.1. The highest BCUT2D eigenvalue weighted by atomic mass is 16.5. The number of ether oxygens (including phenoxy) is 1. The fourth-order valence-corrected chi connectivity index (χ4v) is 4.53. The first kappa shape index (κ1) is 22.7. The normalized spacial score (nSPS) is 18.2. The Morgan fingerprint density at radius 2 is 1.87 bits per heavy atom. The van der Waals surface area contributed by atoms with Gasteiger partial charge in [0.1, 0.15) is 17.0 Å². The molecule has 0 aliphatic carbocycles. The minimum atomic E-state index is -1.47. The van der Waals surface area contributed by atoms with Crippen LogP contribution in [0.15, 0.2) is 36.4 Å². The fraction of sp³-hybridized carbons (Fsp3) is 0.440. The molecule has 2 aromatic rings. The number of carboxylic acid groups (broad SMARTS) is 1. The van der Waals surface area contributed by atoms with E-state index in [1.54, 1.807) is 31.4 Å².